The highest BCUT2D eigenvalue weighted by Crippen LogP contribution is 2.19. The quantitative estimate of drug-likeness (QED) is 0.442. The van der Waals surface area contributed by atoms with Crippen LogP contribution in [0.25, 0.3) is 11.2 Å². The molecule has 0 radical (unpaired) electrons. The first-order chi connectivity index (χ1) is 14.8. The number of hydrogen-bond acceptors (Lipinski definition) is 7. The summed E-state index contributed by atoms with van der Waals surface area (Å²) in [5.74, 6) is 2.21. The van der Waals surface area contributed by atoms with Crippen molar-refractivity contribution in [2.45, 2.75) is 32.9 Å². The van der Waals surface area contributed by atoms with Gasteiger partial charge in [-0.05, 0) is 36.6 Å². The molecule has 2 aromatic heterocycles. The van der Waals surface area contributed by atoms with Crippen LogP contribution in [-0.4, -0.2) is 50.6 Å². The van der Waals surface area contributed by atoms with Crippen LogP contribution in [0.3, 0.4) is 0 Å². The Bertz CT molecular complexity index is 1130. The van der Waals surface area contributed by atoms with E-state index in [1.54, 1.807) is 43.0 Å². The number of benzene rings is 1. The first-order valence-electron chi connectivity index (χ1n) is 10.2. The van der Waals surface area contributed by atoms with Crippen molar-refractivity contribution in [3.8, 4) is 11.5 Å². The molecule has 0 aliphatic carbocycles. The maximum Gasteiger partial charge on any atom is 0.329 e. The summed E-state index contributed by atoms with van der Waals surface area (Å²) in [4.78, 5) is 31.2. The predicted molar refractivity (Wildman–Crippen MR) is 118 cm³/mol. The number of aromatic nitrogens is 4. The van der Waals surface area contributed by atoms with Crippen LogP contribution in [0.5, 0.6) is 11.5 Å². The predicted octanol–water partition coefficient (Wildman–Crippen LogP) is 1.33. The SMILES string of the molecule is COc1ccc(OC[C@H](O)Cn2c(NCCC(C)C)nc3c2c(=O)[nH]c(=O)n3C)cc1. The Morgan fingerprint density at radius 1 is 1.19 bits per heavy atom. The number of rotatable bonds is 10. The monoisotopic (exact) mass is 431 g/mol. The minimum atomic E-state index is -0.915. The van der Waals surface area contributed by atoms with Gasteiger partial charge >= 0.3 is 5.69 Å². The summed E-state index contributed by atoms with van der Waals surface area (Å²) in [5, 5.41) is 13.8. The maximum atomic E-state index is 12.5. The van der Waals surface area contributed by atoms with Gasteiger partial charge in [0.2, 0.25) is 5.95 Å². The summed E-state index contributed by atoms with van der Waals surface area (Å²) in [6.07, 6.45) is -0.0106. The summed E-state index contributed by atoms with van der Waals surface area (Å²) < 4.78 is 13.6. The molecule has 3 rings (SSSR count). The third-order valence-corrected chi connectivity index (χ3v) is 4.91. The van der Waals surface area contributed by atoms with E-state index in [1.165, 1.54) is 4.57 Å². The van der Waals surface area contributed by atoms with E-state index >= 15 is 0 Å². The zero-order chi connectivity index (χ0) is 22.5. The lowest BCUT2D eigenvalue weighted by atomic mass is 10.1. The second-order valence-corrected chi connectivity index (χ2v) is 7.79. The lowest BCUT2D eigenvalue weighted by Crippen LogP contribution is -2.31. The molecule has 0 bridgehead atoms. The van der Waals surface area contributed by atoms with Gasteiger partial charge in [0, 0.05) is 13.6 Å². The smallest absolute Gasteiger partial charge is 0.329 e. The van der Waals surface area contributed by atoms with E-state index in [9.17, 15) is 14.7 Å². The number of fused-ring (bicyclic) bond motifs is 1. The van der Waals surface area contributed by atoms with Crippen molar-refractivity contribution in [1.29, 1.82) is 0 Å². The van der Waals surface area contributed by atoms with Gasteiger partial charge in [-0.1, -0.05) is 13.8 Å². The van der Waals surface area contributed by atoms with Gasteiger partial charge in [0.1, 0.15) is 24.2 Å². The zero-order valence-electron chi connectivity index (χ0n) is 18.2. The van der Waals surface area contributed by atoms with Crippen LogP contribution in [0.2, 0.25) is 0 Å². The highest BCUT2D eigenvalue weighted by atomic mass is 16.5. The minimum Gasteiger partial charge on any atom is -0.497 e. The number of aromatic amines is 1. The number of methoxy groups -OCH3 is 1. The van der Waals surface area contributed by atoms with Crippen LogP contribution in [0.4, 0.5) is 5.95 Å². The molecular weight excluding hydrogens is 402 g/mol. The molecule has 0 amide bonds. The van der Waals surface area contributed by atoms with Crippen molar-refractivity contribution in [2.75, 3.05) is 25.6 Å². The fourth-order valence-corrected chi connectivity index (χ4v) is 3.15. The van der Waals surface area contributed by atoms with Crippen molar-refractivity contribution in [3.05, 3.63) is 45.1 Å². The number of aliphatic hydroxyl groups excluding tert-OH is 1. The van der Waals surface area contributed by atoms with Crippen molar-refractivity contribution in [2.24, 2.45) is 13.0 Å². The van der Waals surface area contributed by atoms with E-state index in [-0.39, 0.29) is 24.3 Å². The van der Waals surface area contributed by atoms with Gasteiger partial charge < -0.3 is 24.5 Å². The molecule has 3 aromatic rings. The molecule has 10 heteroatoms. The molecule has 10 nitrogen and oxygen atoms in total. The average molecular weight is 431 g/mol. The normalized spacial score (nSPS) is 12.3. The number of imidazole rings is 1. The van der Waals surface area contributed by atoms with Crippen LogP contribution in [0.15, 0.2) is 33.9 Å². The number of anilines is 1. The third kappa shape index (κ3) is 5.26. The van der Waals surface area contributed by atoms with Crippen LogP contribution >= 0.6 is 0 Å². The molecule has 0 unspecified atom stereocenters. The Balaban J connectivity index is 1.83. The van der Waals surface area contributed by atoms with Gasteiger partial charge in [-0.3, -0.25) is 14.3 Å². The van der Waals surface area contributed by atoms with E-state index in [0.29, 0.717) is 29.9 Å². The summed E-state index contributed by atoms with van der Waals surface area (Å²) in [5.41, 5.74) is -0.619. The van der Waals surface area contributed by atoms with Crippen LogP contribution in [0, 0.1) is 5.92 Å². The molecule has 31 heavy (non-hydrogen) atoms. The van der Waals surface area contributed by atoms with Crippen molar-refractivity contribution < 1.29 is 14.6 Å². The lowest BCUT2D eigenvalue weighted by molar-refractivity contribution is 0.0938. The number of H-pyrrole nitrogens is 1. The Hall–Kier alpha value is -3.27. The fraction of sp³-hybridized carbons (Fsp3) is 0.476. The number of hydrogen-bond donors (Lipinski definition) is 3. The summed E-state index contributed by atoms with van der Waals surface area (Å²) in [7, 11) is 3.12. The van der Waals surface area contributed by atoms with Gasteiger partial charge in [-0.2, -0.15) is 4.98 Å². The Kier molecular flexibility index (Phi) is 7.01. The third-order valence-electron chi connectivity index (χ3n) is 4.91. The number of nitrogens with zero attached hydrogens (tertiary/aromatic N) is 3. The molecule has 1 aromatic carbocycles. The largest absolute Gasteiger partial charge is 0.497 e. The molecule has 1 atom stereocenters. The van der Waals surface area contributed by atoms with Gasteiger partial charge in [-0.15, -0.1) is 0 Å². The highest BCUT2D eigenvalue weighted by Gasteiger charge is 2.20. The molecule has 0 aliphatic heterocycles. The second kappa shape index (κ2) is 9.69. The maximum absolute atomic E-state index is 12.5. The van der Waals surface area contributed by atoms with Crippen molar-refractivity contribution in [3.63, 3.8) is 0 Å². The van der Waals surface area contributed by atoms with Crippen LogP contribution in [-0.2, 0) is 13.6 Å². The standard InChI is InChI=1S/C21H29N5O5/c1-13(2)9-10-22-20-23-18-17(19(28)24-21(29)25(18)3)26(20)11-14(27)12-31-16-7-5-15(30-4)6-8-16/h5-8,13-14,27H,9-12H2,1-4H3,(H,22,23)(H,24,28,29)/t14-/m1/s1. The number of nitrogens with one attached hydrogen (secondary N) is 2. The fourth-order valence-electron chi connectivity index (χ4n) is 3.15. The molecule has 0 saturated carbocycles. The molecule has 0 spiro atoms. The average Bonchev–Trinajstić information content (AvgIpc) is 3.09. The summed E-state index contributed by atoms with van der Waals surface area (Å²) >= 11 is 0. The molecular formula is C21H29N5O5. The number of aryl methyl sites for hydroxylation is 1. The Morgan fingerprint density at radius 3 is 2.52 bits per heavy atom. The summed E-state index contributed by atoms with van der Waals surface area (Å²) in [6, 6.07) is 7.03. The Morgan fingerprint density at radius 2 is 1.87 bits per heavy atom. The summed E-state index contributed by atoms with van der Waals surface area (Å²) in [6.45, 7) is 4.95. The topological polar surface area (TPSA) is 123 Å². The molecule has 0 saturated heterocycles. The second-order valence-electron chi connectivity index (χ2n) is 7.79. The van der Waals surface area contributed by atoms with Gasteiger partial charge in [0.05, 0.1) is 13.7 Å². The van der Waals surface area contributed by atoms with E-state index < -0.39 is 17.4 Å². The van der Waals surface area contributed by atoms with E-state index in [1.807, 2.05) is 0 Å². The van der Waals surface area contributed by atoms with Crippen molar-refractivity contribution in [1.82, 2.24) is 19.1 Å². The van der Waals surface area contributed by atoms with Crippen LogP contribution in [0.1, 0.15) is 20.3 Å². The number of aliphatic hydroxyl groups is 1. The number of ether oxygens (including phenoxy) is 2. The van der Waals surface area contributed by atoms with E-state index in [2.05, 4.69) is 29.1 Å². The molecule has 3 N–H and O–H groups in total. The minimum absolute atomic E-state index is 0.0150. The van der Waals surface area contributed by atoms with E-state index in [4.69, 9.17) is 9.47 Å². The molecule has 0 aliphatic rings. The lowest BCUT2D eigenvalue weighted by Gasteiger charge is -2.16. The molecule has 2 heterocycles. The van der Waals surface area contributed by atoms with Gasteiger partial charge in [0.15, 0.2) is 11.2 Å². The first-order valence-corrected chi connectivity index (χ1v) is 10.2. The molecule has 0 fully saturated rings. The van der Waals surface area contributed by atoms with Crippen molar-refractivity contribution >= 4 is 17.1 Å². The zero-order valence-corrected chi connectivity index (χ0v) is 18.2. The highest BCUT2D eigenvalue weighted by molar-refractivity contribution is 5.74. The first kappa shape index (κ1) is 22.4. The van der Waals surface area contributed by atoms with E-state index in [0.717, 1.165) is 6.42 Å². The van der Waals surface area contributed by atoms with Gasteiger partial charge in [0.25, 0.3) is 5.56 Å². The Labute approximate surface area is 179 Å². The van der Waals surface area contributed by atoms with Gasteiger partial charge in [-0.25, -0.2) is 4.79 Å². The molecule has 168 valence electrons. The van der Waals surface area contributed by atoms with Crippen LogP contribution < -0.4 is 26.0 Å².